The third-order valence-electron chi connectivity index (χ3n) is 3.88. The molecule has 1 aromatic carbocycles. The van der Waals surface area contributed by atoms with Crippen LogP contribution < -0.4 is 10.5 Å². The van der Waals surface area contributed by atoms with Gasteiger partial charge in [-0.1, -0.05) is 12.1 Å². The van der Waals surface area contributed by atoms with Gasteiger partial charge in [-0.3, -0.25) is 4.90 Å². The Labute approximate surface area is 121 Å². The number of rotatable bonds is 7. The van der Waals surface area contributed by atoms with Crippen LogP contribution in [0, 0.1) is 0 Å². The topological polar surface area (TPSA) is 47.7 Å². The lowest BCUT2D eigenvalue weighted by atomic mass is 10.1. The van der Waals surface area contributed by atoms with Gasteiger partial charge in [0.15, 0.2) is 0 Å². The molecule has 1 aliphatic heterocycles. The van der Waals surface area contributed by atoms with Gasteiger partial charge in [-0.05, 0) is 50.6 Å². The van der Waals surface area contributed by atoms with Crippen LogP contribution in [0.25, 0.3) is 0 Å². The Morgan fingerprint density at radius 3 is 2.60 bits per heavy atom. The van der Waals surface area contributed by atoms with Crippen molar-refractivity contribution in [3.63, 3.8) is 0 Å². The Kier molecular flexibility index (Phi) is 6.30. The average molecular weight is 278 g/mol. The molecule has 112 valence electrons. The third kappa shape index (κ3) is 4.78. The second kappa shape index (κ2) is 8.25. The average Bonchev–Trinajstić information content (AvgIpc) is 2.50. The van der Waals surface area contributed by atoms with Crippen molar-refractivity contribution in [2.24, 2.45) is 5.73 Å². The Morgan fingerprint density at radius 2 is 1.95 bits per heavy atom. The smallest absolute Gasteiger partial charge is 0.119 e. The molecule has 2 rings (SSSR count). The van der Waals surface area contributed by atoms with Crippen LogP contribution in [0.2, 0.25) is 0 Å². The van der Waals surface area contributed by atoms with E-state index >= 15 is 0 Å². The monoisotopic (exact) mass is 278 g/mol. The van der Waals surface area contributed by atoms with Crippen LogP contribution in [0.4, 0.5) is 0 Å². The highest BCUT2D eigenvalue weighted by Gasteiger charge is 2.17. The van der Waals surface area contributed by atoms with Gasteiger partial charge in [-0.2, -0.15) is 0 Å². The molecule has 1 fully saturated rings. The lowest BCUT2D eigenvalue weighted by Crippen LogP contribution is -2.38. The van der Waals surface area contributed by atoms with Crippen molar-refractivity contribution in [3.8, 4) is 5.75 Å². The van der Waals surface area contributed by atoms with Crippen molar-refractivity contribution in [1.29, 1.82) is 0 Å². The number of ether oxygens (including phenoxy) is 2. The van der Waals surface area contributed by atoms with E-state index in [2.05, 4.69) is 24.1 Å². The van der Waals surface area contributed by atoms with Crippen LogP contribution in [0.15, 0.2) is 24.3 Å². The Bertz CT molecular complexity index is 375. The highest BCUT2D eigenvalue weighted by Crippen LogP contribution is 2.14. The Balaban J connectivity index is 1.69. The summed E-state index contributed by atoms with van der Waals surface area (Å²) < 4.78 is 11.2. The second-order valence-electron chi connectivity index (χ2n) is 5.36. The zero-order valence-corrected chi connectivity index (χ0v) is 12.4. The molecular weight excluding hydrogens is 252 g/mol. The molecule has 1 aromatic rings. The quantitative estimate of drug-likeness (QED) is 0.824. The van der Waals surface area contributed by atoms with Crippen LogP contribution in [0.1, 0.15) is 18.4 Å². The fourth-order valence-corrected chi connectivity index (χ4v) is 2.53. The molecule has 2 N–H and O–H groups in total. The molecular formula is C16H26N2O2. The zero-order chi connectivity index (χ0) is 14.2. The molecule has 4 heteroatoms. The van der Waals surface area contributed by atoms with Crippen molar-refractivity contribution in [1.82, 2.24) is 4.90 Å². The Hall–Kier alpha value is -1.10. The molecule has 4 nitrogen and oxygen atoms in total. The predicted molar refractivity (Wildman–Crippen MR) is 81.2 cm³/mol. The fourth-order valence-electron chi connectivity index (χ4n) is 2.53. The second-order valence-corrected chi connectivity index (χ2v) is 5.36. The first-order chi connectivity index (χ1) is 9.79. The van der Waals surface area contributed by atoms with Gasteiger partial charge in [-0.15, -0.1) is 0 Å². The van der Waals surface area contributed by atoms with E-state index in [4.69, 9.17) is 15.2 Å². The zero-order valence-electron chi connectivity index (χ0n) is 12.4. The molecule has 0 saturated carbocycles. The summed E-state index contributed by atoms with van der Waals surface area (Å²) in [6.07, 6.45) is 3.18. The summed E-state index contributed by atoms with van der Waals surface area (Å²) in [6.45, 7) is 4.15. The van der Waals surface area contributed by atoms with Crippen LogP contribution in [-0.4, -0.2) is 50.9 Å². The van der Waals surface area contributed by atoms with Gasteiger partial charge < -0.3 is 15.2 Å². The van der Waals surface area contributed by atoms with E-state index in [0.717, 1.165) is 51.4 Å². The summed E-state index contributed by atoms with van der Waals surface area (Å²) in [7, 11) is 2.17. The number of hydrogen-bond donors (Lipinski definition) is 1. The Morgan fingerprint density at radius 1 is 1.25 bits per heavy atom. The molecule has 0 spiro atoms. The molecule has 20 heavy (non-hydrogen) atoms. The molecule has 1 saturated heterocycles. The number of benzene rings is 1. The van der Waals surface area contributed by atoms with E-state index in [1.165, 1.54) is 5.56 Å². The minimum Gasteiger partial charge on any atom is -0.492 e. The van der Waals surface area contributed by atoms with Gasteiger partial charge in [0.1, 0.15) is 12.4 Å². The third-order valence-corrected chi connectivity index (χ3v) is 3.88. The fraction of sp³-hybridized carbons (Fsp3) is 0.625. The minimum atomic E-state index is 0.638. The summed E-state index contributed by atoms with van der Waals surface area (Å²) >= 11 is 0. The van der Waals surface area contributed by atoms with Gasteiger partial charge in [0.25, 0.3) is 0 Å². The van der Waals surface area contributed by atoms with E-state index in [1.54, 1.807) is 0 Å². The minimum absolute atomic E-state index is 0.638. The maximum atomic E-state index is 5.80. The SMILES string of the molecule is CN(CCOc1ccc(CCN)cc1)C1CCOCC1. The number of nitrogens with zero attached hydrogens (tertiary/aromatic N) is 1. The standard InChI is InChI=1S/C16H26N2O2/c1-18(15-7-11-19-12-8-15)10-13-20-16-4-2-14(3-5-16)6-9-17/h2-5,15H,6-13,17H2,1H3. The highest BCUT2D eigenvalue weighted by atomic mass is 16.5. The van der Waals surface area contributed by atoms with Gasteiger partial charge in [0.05, 0.1) is 0 Å². The summed E-state index contributed by atoms with van der Waals surface area (Å²) in [5.74, 6) is 0.936. The van der Waals surface area contributed by atoms with Crippen LogP contribution >= 0.6 is 0 Å². The first kappa shape index (κ1) is 15.3. The largest absolute Gasteiger partial charge is 0.492 e. The van der Waals surface area contributed by atoms with E-state index in [9.17, 15) is 0 Å². The van der Waals surface area contributed by atoms with E-state index in [-0.39, 0.29) is 0 Å². The van der Waals surface area contributed by atoms with Gasteiger partial charge >= 0.3 is 0 Å². The van der Waals surface area contributed by atoms with Crippen molar-refractivity contribution in [3.05, 3.63) is 29.8 Å². The van der Waals surface area contributed by atoms with E-state index in [1.807, 2.05) is 12.1 Å². The molecule has 1 heterocycles. The number of nitrogens with two attached hydrogens (primary N) is 1. The first-order valence-corrected chi connectivity index (χ1v) is 7.49. The normalized spacial score (nSPS) is 16.6. The maximum absolute atomic E-state index is 5.80. The molecule has 0 radical (unpaired) electrons. The van der Waals surface area contributed by atoms with Gasteiger partial charge in [0, 0.05) is 25.8 Å². The molecule has 0 atom stereocenters. The van der Waals surface area contributed by atoms with Crippen LogP contribution in [0.3, 0.4) is 0 Å². The molecule has 0 unspecified atom stereocenters. The molecule has 1 aliphatic rings. The van der Waals surface area contributed by atoms with Crippen LogP contribution in [0.5, 0.6) is 5.75 Å². The van der Waals surface area contributed by atoms with Crippen LogP contribution in [-0.2, 0) is 11.2 Å². The van der Waals surface area contributed by atoms with Crippen molar-refractivity contribution in [2.75, 3.05) is 40.0 Å². The lowest BCUT2D eigenvalue weighted by molar-refractivity contribution is 0.0392. The van der Waals surface area contributed by atoms with E-state index in [0.29, 0.717) is 12.6 Å². The van der Waals surface area contributed by atoms with Gasteiger partial charge in [0.2, 0.25) is 0 Å². The maximum Gasteiger partial charge on any atom is 0.119 e. The summed E-state index contributed by atoms with van der Waals surface area (Å²) in [5.41, 5.74) is 6.80. The summed E-state index contributed by atoms with van der Waals surface area (Å²) in [6, 6.07) is 8.87. The number of likely N-dealkylation sites (N-methyl/N-ethyl adjacent to an activating group) is 1. The van der Waals surface area contributed by atoms with E-state index < -0.39 is 0 Å². The molecule has 0 aromatic heterocycles. The molecule has 0 amide bonds. The van der Waals surface area contributed by atoms with Crippen molar-refractivity contribution in [2.45, 2.75) is 25.3 Å². The van der Waals surface area contributed by atoms with Gasteiger partial charge in [-0.25, -0.2) is 0 Å². The lowest BCUT2D eigenvalue weighted by Gasteiger charge is -2.31. The summed E-state index contributed by atoms with van der Waals surface area (Å²) in [4.78, 5) is 2.38. The van der Waals surface area contributed by atoms with Crippen molar-refractivity contribution < 1.29 is 9.47 Å². The summed E-state index contributed by atoms with van der Waals surface area (Å²) in [5, 5.41) is 0. The highest BCUT2D eigenvalue weighted by molar-refractivity contribution is 5.27. The molecule has 0 bridgehead atoms. The van der Waals surface area contributed by atoms with Crippen molar-refractivity contribution >= 4 is 0 Å². The molecule has 0 aliphatic carbocycles. The predicted octanol–water partition coefficient (Wildman–Crippen LogP) is 1.68. The first-order valence-electron chi connectivity index (χ1n) is 7.49. The number of hydrogen-bond acceptors (Lipinski definition) is 4.